The minimum absolute atomic E-state index is 0.463. The molecule has 0 aromatic heterocycles. The van der Waals surface area contributed by atoms with Crippen LogP contribution in [0.2, 0.25) is 0 Å². The molecule has 3 nitrogen and oxygen atoms in total. The van der Waals surface area contributed by atoms with Crippen molar-refractivity contribution in [2.45, 2.75) is 13.8 Å². The van der Waals surface area contributed by atoms with E-state index >= 15 is 0 Å². The van der Waals surface area contributed by atoms with Crippen molar-refractivity contribution in [1.82, 2.24) is 0 Å². The van der Waals surface area contributed by atoms with Gasteiger partial charge in [0.05, 0.1) is 0 Å². The van der Waals surface area contributed by atoms with E-state index in [4.69, 9.17) is 9.47 Å². The van der Waals surface area contributed by atoms with Crippen LogP contribution in [0.15, 0.2) is 97.1 Å². The average molecular weight is 394 g/mol. The number of hydrogen-bond acceptors (Lipinski definition) is 3. The minimum atomic E-state index is -0.767. The highest BCUT2D eigenvalue weighted by Crippen LogP contribution is 2.33. The molecule has 30 heavy (non-hydrogen) atoms. The first-order valence-electron chi connectivity index (χ1n) is 9.82. The monoisotopic (exact) mass is 394 g/mol. The lowest BCUT2D eigenvalue weighted by molar-refractivity contribution is 0.152. The number of carbonyl (C=O) groups excluding carboxylic acids is 1. The van der Waals surface area contributed by atoms with Gasteiger partial charge in [-0.15, -0.1) is 0 Å². The number of aryl methyl sites for hydroxylation is 2. The van der Waals surface area contributed by atoms with Crippen LogP contribution in [0, 0.1) is 13.8 Å². The molecule has 0 N–H and O–H groups in total. The molecule has 0 aliphatic heterocycles. The molecule has 0 atom stereocenters. The topological polar surface area (TPSA) is 35.5 Å². The third-order valence-corrected chi connectivity index (χ3v) is 4.83. The van der Waals surface area contributed by atoms with Crippen LogP contribution in [0.3, 0.4) is 0 Å². The van der Waals surface area contributed by atoms with E-state index in [1.165, 1.54) is 0 Å². The van der Waals surface area contributed by atoms with Crippen LogP contribution >= 0.6 is 0 Å². The maximum absolute atomic E-state index is 12.7. The smallest absolute Gasteiger partial charge is 0.394 e. The second kappa shape index (κ2) is 8.66. The van der Waals surface area contributed by atoms with Crippen LogP contribution in [0.5, 0.6) is 11.5 Å². The van der Waals surface area contributed by atoms with Gasteiger partial charge in [-0.1, -0.05) is 83.9 Å². The Morgan fingerprint density at radius 2 is 0.967 bits per heavy atom. The molecule has 0 fully saturated rings. The summed E-state index contributed by atoms with van der Waals surface area (Å²) in [7, 11) is 0. The summed E-state index contributed by atoms with van der Waals surface area (Å²) in [4.78, 5) is 12.7. The van der Waals surface area contributed by atoms with E-state index < -0.39 is 6.16 Å². The highest BCUT2D eigenvalue weighted by atomic mass is 16.7. The Morgan fingerprint density at radius 1 is 0.567 bits per heavy atom. The third kappa shape index (κ3) is 4.41. The first kappa shape index (κ1) is 19.5. The van der Waals surface area contributed by atoms with Gasteiger partial charge in [0.2, 0.25) is 0 Å². The van der Waals surface area contributed by atoms with Crippen molar-refractivity contribution in [3.05, 3.63) is 108 Å². The molecule has 4 aromatic carbocycles. The number of hydrogen-bond donors (Lipinski definition) is 0. The molecule has 148 valence electrons. The van der Waals surface area contributed by atoms with E-state index in [2.05, 4.69) is 0 Å². The Labute approximate surface area is 176 Å². The minimum Gasteiger partial charge on any atom is -0.394 e. The fourth-order valence-corrected chi connectivity index (χ4v) is 3.35. The van der Waals surface area contributed by atoms with E-state index in [-0.39, 0.29) is 0 Å². The standard InChI is InChI=1S/C27H22O3/c1-19-13-15-25(23(17-19)21-9-5-3-6-10-21)29-27(28)30-26-16-14-20(2)18-24(26)22-11-7-4-8-12-22/h3-18H,1-2H3. The molecular weight excluding hydrogens is 372 g/mol. The van der Waals surface area contributed by atoms with Crippen LogP contribution < -0.4 is 9.47 Å². The lowest BCUT2D eigenvalue weighted by atomic mass is 10.0. The number of rotatable bonds is 4. The zero-order valence-electron chi connectivity index (χ0n) is 17.0. The van der Waals surface area contributed by atoms with Gasteiger partial charge >= 0.3 is 6.16 Å². The summed E-state index contributed by atoms with van der Waals surface area (Å²) < 4.78 is 11.2. The maximum atomic E-state index is 12.7. The van der Waals surface area contributed by atoms with Crippen molar-refractivity contribution in [2.75, 3.05) is 0 Å². The highest BCUT2D eigenvalue weighted by Gasteiger charge is 2.16. The molecule has 0 heterocycles. The average Bonchev–Trinajstić information content (AvgIpc) is 2.77. The van der Waals surface area contributed by atoms with Gasteiger partial charge in [-0.25, -0.2) is 4.79 Å². The van der Waals surface area contributed by atoms with E-state index in [0.29, 0.717) is 11.5 Å². The van der Waals surface area contributed by atoms with Crippen molar-refractivity contribution in [1.29, 1.82) is 0 Å². The van der Waals surface area contributed by atoms with Crippen LogP contribution in [0.4, 0.5) is 4.79 Å². The summed E-state index contributed by atoms with van der Waals surface area (Å²) in [6.07, 6.45) is -0.767. The van der Waals surface area contributed by atoms with E-state index in [0.717, 1.165) is 33.4 Å². The van der Waals surface area contributed by atoms with Gasteiger partial charge < -0.3 is 9.47 Å². The zero-order chi connectivity index (χ0) is 20.9. The van der Waals surface area contributed by atoms with Crippen LogP contribution in [0.1, 0.15) is 11.1 Å². The summed E-state index contributed by atoms with van der Waals surface area (Å²) in [6.45, 7) is 4.01. The fourth-order valence-electron chi connectivity index (χ4n) is 3.35. The molecule has 4 aromatic rings. The summed E-state index contributed by atoms with van der Waals surface area (Å²) in [5.74, 6) is 0.926. The molecule has 0 saturated carbocycles. The predicted octanol–water partition coefficient (Wildman–Crippen LogP) is 7.22. The molecule has 0 unspecified atom stereocenters. The zero-order valence-corrected chi connectivity index (χ0v) is 17.0. The van der Waals surface area contributed by atoms with Gasteiger partial charge in [-0.2, -0.15) is 0 Å². The predicted molar refractivity (Wildman–Crippen MR) is 120 cm³/mol. The molecule has 0 amide bonds. The molecule has 0 saturated heterocycles. The lowest BCUT2D eigenvalue weighted by Crippen LogP contribution is -2.15. The Kier molecular flexibility index (Phi) is 5.62. The van der Waals surface area contributed by atoms with Crippen LogP contribution in [0.25, 0.3) is 22.3 Å². The Balaban J connectivity index is 1.62. The van der Waals surface area contributed by atoms with Crippen molar-refractivity contribution in [3.63, 3.8) is 0 Å². The second-order valence-electron chi connectivity index (χ2n) is 7.19. The number of benzene rings is 4. The summed E-state index contributed by atoms with van der Waals surface area (Å²) >= 11 is 0. The number of ether oxygens (including phenoxy) is 2. The van der Waals surface area contributed by atoms with Gasteiger partial charge in [0.1, 0.15) is 11.5 Å². The SMILES string of the molecule is Cc1ccc(OC(=O)Oc2ccc(C)cc2-c2ccccc2)c(-c2ccccc2)c1. The normalized spacial score (nSPS) is 10.5. The molecular formula is C27H22O3. The van der Waals surface area contributed by atoms with E-state index in [1.807, 2.05) is 98.8 Å². The molecule has 0 aliphatic rings. The quantitative estimate of drug-likeness (QED) is 0.271. The Hall–Kier alpha value is -3.85. The van der Waals surface area contributed by atoms with Gasteiger partial charge in [-0.3, -0.25) is 0 Å². The highest BCUT2D eigenvalue weighted by molar-refractivity contribution is 5.79. The van der Waals surface area contributed by atoms with E-state index in [9.17, 15) is 4.79 Å². The molecule has 0 aliphatic carbocycles. The third-order valence-electron chi connectivity index (χ3n) is 4.83. The molecule has 4 rings (SSSR count). The van der Waals surface area contributed by atoms with Crippen molar-refractivity contribution < 1.29 is 14.3 Å². The maximum Gasteiger partial charge on any atom is 0.519 e. The van der Waals surface area contributed by atoms with Crippen molar-refractivity contribution >= 4 is 6.16 Å². The lowest BCUT2D eigenvalue weighted by Gasteiger charge is -2.14. The summed E-state index contributed by atoms with van der Waals surface area (Å²) in [6, 6.07) is 31.1. The first-order valence-corrected chi connectivity index (χ1v) is 9.82. The summed E-state index contributed by atoms with van der Waals surface area (Å²) in [5, 5.41) is 0. The van der Waals surface area contributed by atoms with Gasteiger partial charge in [0, 0.05) is 11.1 Å². The first-order chi connectivity index (χ1) is 14.6. The largest absolute Gasteiger partial charge is 0.519 e. The van der Waals surface area contributed by atoms with Gasteiger partial charge in [0.15, 0.2) is 0 Å². The van der Waals surface area contributed by atoms with E-state index in [1.54, 1.807) is 12.1 Å². The number of carbonyl (C=O) groups is 1. The molecule has 0 bridgehead atoms. The van der Waals surface area contributed by atoms with Crippen LogP contribution in [-0.4, -0.2) is 6.16 Å². The van der Waals surface area contributed by atoms with Crippen molar-refractivity contribution in [2.24, 2.45) is 0 Å². The molecule has 0 spiro atoms. The van der Waals surface area contributed by atoms with Crippen LogP contribution in [-0.2, 0) is 0 Å². The second-order valence-corrected chi connectivity index (χ2v) is 7.19. The molecule has 3 heteroatoms. The van der Waals surface area contributed by atoms with Gasteiger partial charge in [-0.05, 0) is 49.2 Å². The Bertz CT molecular complexity index is 1070. The fraction of sp³-hybridized carbons (Fsp3) is 0.0741. The molecule has 0 radical (unpaired) electrons. The van der Waals surface area contributed by atoms with Crippen molar-refractivity contribution in [3.8, 4) is 33.8 Å². The summed E-state index contributed by atoms with van der Waals surface area (Å²) in [5.41, 5.74) is 5.81. The van der Waals surface area contributed by atoms with Gasteiger partial charge in [0.25, 0.3) is 0 Å². The Morgan fingerprint density at radius 3 is 1.37 bits per heavy atom.